The highest BCUT2D eigenvalue weighted by Gasteiger charge is 2.33. The van der Waals surface area contributed by atoms with Crippen LogP contribution in [0.4, 0.5) is 0 Å². The molecule has 1 aliphatic carbocycles. The molecule has 0 aliphatic heterocycles. The Labute approximate surface area is 164 Å². The molecule has 1 aliphatic rings. The van der Waals surface area contributed by atoms with E-state index in [-0.39, 0.29) is 18.2 Å². The number of Topliss-reactive ketones (excluding diaryl/α,β-unsaturated/α-hetero) is 1. The maximum Gasteiger partial charge on any atom is 0.314 e. The molecule has 5 heteroatoms. The van der Waals surface area contributed by atoms with Gasteiger partial charge in [-0.25, -0.2) is 0 Å². The third-order valence-electron chi connectivity index (χ3n) is 5.41. The minimum absolute atomic E-state index is 0.191. The van der Waals surface area contributed by atoms with Crippen LogP contribution < -0.4 is 5.32 Å². The topological polar surface area (TPSA) is 83.5 Å². The summed E-state index contributed by atoms with van der Waals surface area (Å²) in [6.45, 7) is 1.57. The maximum atomic E-state index is 12.7. The van der Waals surface area contributed by atoms with Crippen LogP contribution in [0.15, 0.2) is 54.6 Å². The van der Waals surface area contributed by atoms with Gasteiger partial charge in [-0.15, -0.1) is 0 Å². The monoisotopic (exact) mass is 379 g/mol. The van der Waals surface area contributed by atoms with Crippen LogP contribution in [0.5, 0.6) is 0 Å². The zero-order valence-corrected chi connectivity index (χ0v) is 15.9. The summed E-state index contributed by atoms with van der Waals surface area (Å²) in [5, 5.41) is 12.2. The molecule has 0 spiro atoms. The first-order valence-corrected chi connectivity index (χ1v) is 9.63. The van der Waals surface area contributed by atoms with E-state index in [0.29, 0.717) is 19.3 Å². The van der Waals surface area contributed by atoms with E-state index < -0.39 is 23.7 Å². The molecule has 5 nitrogen and oxygen atoms in total. The Morgan fingerprint density at radius 1 is 1.00 bits per heavy atom. The second kappa shape index (κ2) is 8.83. The summed E-state index contributed by atoms with van der Waals surface area (Å²) < 4.78 is 0. The van der Waals surface area contributed by atoms with E-state index in [2.05, 4.69) is 5.32 Å². The summed E-state index contributed by atoms with van der Waals surface area (Å²) >= 11 is 0. The van der Waals surface area contributed by atoms with Crippen LogP contribution in [-0.2, 0) is 33.6 Å². The molecule has 0 saturated carbocycles. The summed E-state index contributed by atoms with van der Waals surface area (Å²) in [7, 11) is 0. The van der Waals surface area contributed by atoms with Crippen molar-refractivity contribution in [2.75, 3.05) is 0 Å². The fourth-order valence-corrected chi connectivity index (χ4v) is 3.79. The fraction of sp³-hybridized carbons (Fsp3) is 0.348. The Bertz CT molecular complexity index is 837. The summed E-state index contributed by atoms with van der Waals surface area (Å²) in [4.78, 5) is 36.9. The number of ketones is 1. The number of benzene rings is 2. The molecular weight excluding hydrogens is 354 g/mol. The van der Waals surface area contributed by atoms with Gasteiger partial charge < -0.3 is 10.4 Å². The zero-order valence-electron chi connectivity index (χ0n) is 15.9. The molecule has 0 bridgehead atoms. The molecule has 2 atom stereocenters. The van der Waals surface area contributed by atoms with Gasteiger partial charge >= 0.3 is 5.97 Å². The van der Waals surface area contributed by atoms with Crippen LogP contribution in [0, 0.1) is 11.8 Å². The Kier molecular flexibility index (Phi) is 6.24. The number of hydrogen-bond acceptors (Lipinski definition) is 3. The van der Waals surface area contributed by atoms with E-state index in [4.69, 9.17) is 0 Å². The second-order valence-electron chi connectivity index (χ2n) is 7.42. The van der Waals surface area contributed by atoms with Gasteiger partial charge in [0.15, 0.2) is 5.78 Å². The van der Waals surface area contributed by atoms with Gasteiger partial charge in [-0.2, -0.15) is 0 Å². The Morgan fingerprint density at radius 3 is 2.14 bits per heavy atom. The van der Waals surface area contributed by atoms with Gasteiger partial charge in [-0.1, -0.05) is 54.6 Å². The number of carbonyl (C=O) groups is 3. The Balaban J connectivity index is 1.57. The molecule has 0 saturated heterocycles. The van der Waals surface area contributed by atoms with Crippen LogP contribution in [0.25, 0.3) is 0 Å². The van der Waals surface area contributed by atoms with Crippen LogP contribution in [0.3, 0.4) is 0 Å². The number of nitrogens with one attached hydrogen (secondary N) is 1. The van der Waals surface area contributed by atoms with E-state index in [9.17, 15) is 19.5 Å². The highest BCUT2D eigenvalue weighted by atomic mass is 16.4. The standard InChI is InChI=1S/C23H25NO4/c1-15(24-22(26)19-13-17-9-5-6-10-18(17)14-19)21(25)20(23(27)28)12-11-16-7-3-2-4-8-16/h2-10,15,19-20H,11-14H2,1H3,(H,24,26)(H,27,28)/t15-,20-/m0/s1. The largest absolute Gasteiger partial charge is 0.481 e. The molecule has 0 radical (unpaired) electrons. The lowest BCUT2D eigenvalue weighted by molar-refractivity contribution is -0.147. The molecule has 0 unspecified atom stereocenters. The number of fused-ring (bicyclic) bond motifs is 1. The van der Waals surface area contributed by atoms with E-state index in [1.165, 1.54) is 0 Å². The molecule has 0 fully saturated rings. The molecule has 28 heavy (non-hydrogen) atoms. The van der Waals surface area contributed by atoms with Crippen LogP contribution in [0.2, 0.25) is 0 Å². The van der Waals surface area contributed by atoms with Crippen LogP contribution in [-0.4, -0.2) is 28.8 Å². The summed E-state index contributed by atoms with van der Waals surface area (Å²) in [6, 6.07) is 16.6. The smallest absolute Gasteiger partial charge is 0.314 e. The summed E-state index contributed by atoms with van der Waals surface area (Å²) in [6.07, 6.45) is 2.02. The lowest BCUT2D eigenvalue weighted by Crippen LogP contribution is -2.45. The minimum atomic E-state index is -1.14. The van der Waals surface area contributed by atoms with Crippen molar-refractivity contribution in [2.24, 2.45) is 11.8 Å². The number of aliphatic carboxylic acids is 1. The van der Waals surface area contributed by atoms with Gasteiger partial charge in [-0.05, 0) is 49.3 Å². The van der Waals surface area contributed by atoms with Gasteiger partial charge in [0.05, 0.1) is 6.04 Å². The van der Waals surface area contributed by atoms with Crippen molar-refractivity contribution in [3.05, 3.63) is 71.3 Å². The zero-order chi connectivity index (χ0) is 20.1. The number of carbonyl (C=O) groups excluding carboxylic acids is 2. The number of aryl methyl sites for hydroxylation is 1. The van der Waals surface area contributed by atoms with Crippen molar-refractivity contribution in [3.8, 4) is 0 Å². The molecule has 2 N–H and O–H groups in total. The van der Waals surface area contributed by atoms with E-state index in [1.807, 2.05) is 54.6 Å². The third-order valence-corrected chi connectivity index (χ3v) is 5.41. The second-order valence-corrected chi connectivity index (χ2v) is 7.42. The van der Waals surface area contributed by atoms with Crippen molar-refractivity contribution in [2.45, 2.75) is 38.6 Å². The summed E-state index contributed by atoms with van der Waals surface area (Å²) in [5.41, 5.74) is 3.31. The predicted molar refractivity (Wildman–Crippen MR) is 106 cm³/mol. The SMILES string of the molecule is C[C@H](NC(=O)C1Cc2ccccc2C1)C(=O)[C@H](CCc1ccccc1)C(=O)O. The lowest BCUT2D eigenvalue weighted by Gasteiger charge is -2.20. The molecule has 2 aromatic carbocycles. The van der Waals surface area contributed by atoms with Crippen LogP contribution in [0.1, 0.15) is 30.0 Å². The molecule has 1 amide bonds. The highest BCUT2D eigenvalue weighted by molar-refractivity contribution is 6.02. The van der Waals surface area contributed by atoms with E-state index in [0.717, 1.165) is 16.7 Å². The van der Waals surface area contributed by atoms with Gasteiger partial charge in [0, 0.05) is 5.92 Å². The van der Waals surface area contributed by atoms with Crippen molar-refractivity contribution < 1.29 is 19.5 Å². The number of carboxylic acids is 1. The first-order chi connectivity index (χ1) is 13.5. The normalized spacial score (nSPS) is 15.5. The number of hydrogen-bond donors (Lipinski definition) is 2. The lowest BCUT2D eigenvalue weighted by atomic mass is 9.92. The first kappa shape index (κ1) is 19.8. The van der Waals surface area contributed by atoms with Crippen molar-refractivity contribution >= 4 is 17.7 Å². The average Bonchev–Trinajstić information content (AvgIpc) is 3.13. The van der Waals surface area contributed by atoms with Crippen molar-refractivity contribution in [1.29, 1.82) is 0 Å². The quantitative estimate of drug-likeness (QED) is 0.691. The van der Waals surface area contributed by atoms with Gasteiger partial charge in [0.2, 0.25) is 5.91 Å². The van der Waals surface area contributed by atoms with Crippen molar-refractivity contribution in [3.63, 3.8) is 0 Å². The summed E-state index contributed by atoms with van der Waals surface area (Å²) in [5.74, 6) is -3.12. The van der Waals surface area contributed by atoms with E-state index in [1.54, 1.807) is 6.92 Å². The van der Waals surface area contributed by atoms with Crippen molar-refractivity contribution in [1.82, 2.24) is 5.32 Å². The number of carboxylic acid groups (broad SMARTS) is 1. The molecule has 3 rings (SSSR count). The van der Waals surface area contributed by atoms with Crippen LogP contribution >= 0.6 is 0 Å². The molecule has 0 heterocycles. The highest BCUT2D eigenvalue weighted by Crippen LogP contribution is 2.26. The minimum Gasteiger partial charge on any atom is -0.481 e. The fourth-order valence-electron chi connectivity index (χ4n) is 3.79. The molecule has 2 aromatic rings. The van der Waals surface area contributed by atoms with Gasteiger partial charge in [0.25, 0.3) is 0 Å². The average molecular weight is 379 g/mol. The Hall–Kier alpha value is -2.95. The molecular formula is C23H25NO4. The van der Waals surface area contributed by atoms with E-state index >= 15 is 0 Å². The number of rotatable bonds is 8. The van der Waals surface area contributed by atoms with Gasteiger partial charge in [0.1, 0.15) is 5.92 Å². The molecule has 0 aromatic heterocycles. The molecule has 146 valence electrons. The van der Waals surface area contributed by atoms with Gasteiger partial charge in [-0.3, -0.25) is 14.4 Å². The first-order valence-electron chi connectivity index (χ1n) is 9.63. The number of amides is 1. The predicted octanol–water partition coefficient (Wildman–Crippen LogP) is 2.81. The Morgan fingerprint density at radius 2 is 1.57 bits per heavy atom. The third kappa shape index (κ3) is 4.66. The maximum absolute atomic E-state index is 12.7.